The number of hydrogen-bond acceptors (Lipinski definition) is 5. The third kappa shape index (κ3) is 9.11. The molecule has 1 saturated heterocycles. The summed E-state index contributed by atoms with van der Waals surface area (Å²) in [6.45, 7) is 4.46. The Morgan fingerprint density at radius 2 is 2.03 bits per heavy atom. The summed E-state index contributed by atoms with van der Waals surface area (Å²) in [4.78, 5) is 23.2. The second-order valence-electron chi connectivity index (χ2n) is 7.53. The van der Waals surface area contributed by atoms with Crippen LogP contribution in [-0.4, -0.2) is 41.7 Å². The Morgan fingerprint density at radius 3 is 2.69 bits per heavy atom. The van der Waals surface area contributed by atoms with Gasteiger partial charge in [-0.3, -0.25) is 0 Å². The Hall–Kier alpha value is -2.38. The number of rotatable bonds is 11. The number of benzene rings is 1. The van der Waals surface area contributed by atoms with Gasteiger partial charge in [0.25, 0.3) is 0 Å². The molecule has 0 bridgehead atoms. The molecule has 1 aliphatic rings. The molecule has 0 aromatic heterocycles. The van der Waals surface area contributed by atoms with Crippen LogP contribution < -0.4 is 5.32 Å². The maximum atomic E-state index is 11.8. The number of carboxylic acids is 1. The monoisotopic (exact) mass is 405 g/mol. The average molecular weight is 405 g/mol. The van der Waals surface area contributed by atoms with Crippen molar-refractivity contribution in [3.8, 4) is 0 Å². The van der Waals surface area contributed by atoms with Crippen LogP contribution in [0.5, 0.6) is 0 Å². The van der Waals surface area contributed by atoms with E-state index in [2.05, 4.69) is 11.4 Å². The van der Waals surface area contributed by atoms with E-state index in [1.54, 1.807) is 0 Å². The summed E-state index contributed by atoms with van der Waals surface area (Å²) in [7, 11) is 0. The van der Waals surface area contributed by atoms with Crippen LogP contribution in [0, 0.1) is 0 Å². The molecule has 0 saturated carbocycles. The normalized spacial score (nSPS) is 19.2. The molecule has 1 heterocycles. The number of carboxylic acid groups (broad SMARTS) is 1. The molecule has 160 valence electrons. The molecule has 1 amide bonds. The quantitative estimate of drug-likeness (QED) is 0.426. The summed E-state index contributed by atoms with van der Waals surface area (Å²) in [5.74, 6) is -1.57. The highest BCUT2D eigenvalue weighted by molar-refractivity contribution is 5.79. The van der Waals surface area contributed by atoms with Gasteiger partial charge in [0.1, 0.15) is 18.8 Å². The molecule has 1 aliphatic heterocycles. The van der Waals surface area contributed by atoms with Crippen LogP contribution in [-0.2, 0) is 25.6 Å². The first-order valence-corrected chi connectivity index (χ1v) is 10.0. The summed E-state index contributed by atoms with van der Waals surface area (Å²) in [5, 5.41) is 11.7. The van der Waals surface area contributed by atoms with Crippen LogP contribution in [0.25, 0.3) is 0 Å². The summed E-state index contributed by atoms with van der Waals surface area (Å²) in [6, 6.07) is 8.30. The Kier molecular flexibility index (Phi) is 9.15. The van der Waals surface area contributed by atoms with E-state index in [4.69, 9.17) is 14.2 Å². The largest absolute Gasteiger partial charge is 0.480 e. The van der Waals surface area contributed by atoms with Crippen LogP contribution in [0.2, 0.25) is 0 Å². The molecule has 2 atom stereocenters. The zero-order valence-electron chi connectivity index (χ0n) is 17.1. The first-order valence-electron chi connectivity index (χ1n) is 10.0. The Balaban J connectivity index is 1.58. The van der Waals surface area contributed by atoms with E-state index < -0.39 is 23.9 Å². The number of alkyl carbamates (subject to hydrolysis) is 1. The number of nitrogens with one attached hydrogen (secondary N) is 1. The van der Waals surface area contributed by atoms with Crippen LogP contribution >= 0.6 is 0 Å². The molecule has 29 heavy (non-hydrogen) atoms. The van der Waals surface area contributed by atoms with Crippen molar-refractivity contribution >= 4 is 12.1 Å². The van der Waals surface area contributed by atoms with E-state index in [1.807, 2.05) is 50.3 Å². The smallest absolute Gasteiger partial charge is 0.408 e. The molecular formula is C22H31NO6. The van der Waals surface area contributed by atoms with Gasteiger partial charge in [0.2, 0.25) is 0 Å². The zero-order chi connectivity index (χ0) is 21.1. The third-order valence-electron chi connectivity index (χ3n) is 4.55. The van der Waals surface area contributed by atoms with Crippen molar-refractivity contribution in [2.24, 2.45) is 0 Å². The number of unbranched alkanes of at least 4 members (excludes halogenated alkanes) is 3. The fraction of sp³-hybridized carbons (Fsp3) is 0.545. The van der Waals surface area contributed by atoms with Crippen LogP contribution in [0.3, 0.4) is 0 Å². The topological polar surface area (TPSA) is 94.1 Å². The summed E-state index contributed by atoms with van der Waals surface area (Å²) >= 11 is 0. The third-order valence-corrected chi connectivity index (χ3v) is 4.55. The van der Waals surface area contributed by atoms with Gasteiger partial charge in [-0.1, -0.05) is 55.3 Å². The number of aliphatic carboxylic acids is 1. The highest BCUT2D eigenvalue weighted by atomic mass is 16.7. The van der Waals surface area contributed by atoms with Gasteiger partial charge >= 0.3 is 12.1 Å². The first kappa shape index (κ1) is 22.9. The van der Waals surface area contributed by atoms with E-state index in [0.29, 0.717) is 19.4 Å². The second kappa shape index (κ2) is 11.6. The standard InChI is InChI=1S/C22H31NO6/c1-22(2)28-16-18(29-22)13-9-4-3-5-10-14-19(20(24)25)23-21(26)27-15-17-11-7-6-8-12-17/h6-9,11-13,18-19H,3-5,10,14-16H2,1-2H3,(H,23,26)(H,24,25)/b13-9+/t18-,19+/m0/s1. The summed E-state index contributed by atoms with van der Waals surface area (Å²) in [6.07, 6.45) is 7.15. The minimum atomic E-state index is -1.05. The maximum absolute atomic E-state index is 11.8. The lowest BCUT2D eigenvalue weighted by Gasteiger charge is -2.15. The SMILES string of the molecule is CC1(C)OC[C@H](/C=C/CCCCC[C@@H](NC(=O)OCc2ccccc2)C(=O)O)O1. The van der Waals surface area contributed by atoms with Gasteiger partial charge in [-0.15, -0.1) is 0 Å². The van der Waals surface area contributed by atoms with E-state index in [0.717, 1.165) is 24.8 Å². The van der Waals surface area contributed by atoms with E-state index >= 15 is 0 Å². The molecule has 7 heteroatoms. The van der Waals surface area contributed by atoms with Gasteiger partial charge in [-0.05, 0) is 38.7 Å². The molecule has 7 nitrogen and oxygen atoms in total. The number of allylic oxidation sites excluding steroid dienone is 1. The van der Waals surface area contributed by atoms with Crippen LogP contribution in [0.1, 0.15) is 51.5 Å². The van der Waals surface area contributed by atoms with Gasteiger partial charge in [0.05, 0.1) is 6.61 Å². The lowest BCUT2D eigenvalue weighted by Crippen LogP contribution is -2.40. The Bertz CT molecular complexity index is 673. The lowest BCUT2D eigenvalue weighted by atomic mass is 10.1. The molecule has 1 aromatic carbocycles. The number of carbonyl (C=O) groups excluding carboxylic acids is 1. The minimum Gasteiger partial charge on any atom is -0.480 e. The minimum absolute atomic E-state index is 0.00695. The van der Waals surface area contributed by atoms with Gasteiger partial charge in [0.15, 0.2) is 5.79 Å². The van der Waals surface area contributed by atoms with Gasteiger partial charge < -0.3 is 24.6 Å². The van der Waals surface area contributed by atoms with Crippen molar-refractivity contribution in [2.45, 2.75) is 70.5 Å². The second-order valence-corrected chi connectivity index (χ2v) is 7.53. The molecule has 0 spiro atoms. The van der Waals surface area contributed by atoms with Crippen molar-refractivity contribution in [1.82, 2.24) is 5.32 Å². The Labute approximate surface area is 172 Å². The summed E-state index contributed by atoms with van der Waals surface area (Å²) < 4.78 is 16.3. The molecule has 0 unspecified atom stereocenters. The number of hydrogen-bond donors (Lipinski definition) is 2. The van der Waals surface area contributed by atoms with Crippen molar-refractivity contribution in [3.05, 3.63) is 48.0 Å². The van der Waals surface area contributed by atoms with E-state index in [-0.39, 0.29) is 12.7 Å². The molecule has 1 fully saturated rings. The van der Waals surface area contributed by atoms with Gasteiger partial charge in [-0.2, -0.15) is 0 Å². The number of amides is 1. The van der Waals surface area contributed by atoms with Crippen molar-refractivity contribution in [2.75, 3.05) is 6.61 Å². The molecular weight excluding hydrogens is 374 g/mol. The lowest BCUT2D eigenvalue weighted by molar-refractivity contribution is -0.139. The average Bonchev–Trinajstić information content (AvgIpc) is 3.04. The van der Waals surface area contributed by atoms with Crippen LogP contribution in [0.15, 0.2) is 42.5 Å². The molecule has 0 radical (unpaired) electrons. The Morgan fingerprint density at radius 1 is 1.28 bits per heavy atom. The first-order chi connectivity index (χ1) is 13.9. The zero-order valence-corrected chi connectivity index (χ0v) is 17.1. The fourth-order valence-electron chi connectivity index (χ4n) is 3.01. The number of ether oxygens (including phenoxy) is 3. The van der Waals surface area contributed by atoms with Gasteiger partial charge in [0, 0.05) is 0 Å². The van der Waals surface area contributed by atoms with Crippen molar-refractivity contribution in [1.29, 1.82) is 0 Å². The number of carbonyl (C=O) groups is 2. The van der Waals surface area contributed by atoms with Crippen molar-refractivity contribution in [3.63, 3.8) is 0 Å². The highest BCUT2D eigenvalue weighted by Gasteiger charge is 2.30. The fourth-order valence-corrected chi connectivity index (χ4v) is 3.01. The predicted molar refractivity (Wildman–Crippen MR) is 108 cm³/mol. The molecule has 1 aromatic rings. The predicted octanol–water partition coefficient (Wildman–Crippen LogP) is 4.02. The molecule has 0 aliphatic carbocycles. The molecule has 2 rings (SSSR count). The van der Waals surface area contributed by atoms with E-state index in [9.17, 15) is 14.7 Å². The van der Waals surface area contributed by atoms with Gasteiger partial charge in [-0.25, -0.2) is 9.59 Å². The van der Waals surface area contributed by atoms with Crippen LogP contribution in [0.4, 0.5) is 4.79 Å². The summed E-state index contributed by atoms with van der Waals surface area (Å²) in [5.41, 5.74) is 0.848. The highest BCUT2D eigenvalue weighted by Crippen LogP contribution is 2.23. The molecule has 2 N–H and O–H groups in total. The van der Waals surface area contributed by atoms with E-state index in [1.165, 1.54) is 0 Å². The maximum Gasteiger partial charge on any atom is 0.408 e. The van der Waals surface area contributed by atoms with Crippen molar-refractivity contribution < 1.29 is 28.9 Å².